The average Bonchev–Trinajstić information content (AvgIpc) is 3.25. The summed E-state index contributed by atoms with van der Waals surface area (Å²) in [6.07, 6.45) is 0.451. The number of anilines is 2. The Morgan fingerprint density at radius 1 is 1.15 bits per heavy atom. The Labute approximate surface area is 190 Å². The van der Waals surface area contributed by atoms with Crippen LogP contribution in [0.4, 0.5) is 26.9 Å². The predicted molar refractivity (Wildman–Crippen MR) is 119 cm³/mol. The molecule has 33 heavy (non-hydrogen) atoms. The number of nitro groups is 1. The lowest BCUT2D eigenvalue weighted by atomic mass is 10.2. The molecule has 3 heterocycles. The molecule has 2 aromatic heterocycles. The molecule has 2 amide bonds. The lowest BCUT2D eigenvalue weighted by Gasteiger charge is -2.23. The van der Waals surface area contributed by atoms with Crippen LogP contribution in [0.1, 0.15) is 48.0 Å². The summed E-state index contributed by atoms with van der Waals surface area (Å²) < 4.78 is 11.8. The van der Waals surface area contributed by atoms with Crippen LogP contribution < -0.4 is 15.5 Å². The number of ether oxygens (including phenoxy) is 2. The highest BCUT2D eigenvalue weighted by Crippen LogP contribution is 2.28. The van der Waals surface area contributed by atoms with Crippen LogP contribution in [0.15, 0.2) is 12.3 Å². The summed E-state index contributed by atoms with van der Waals surface area (Å²) in [5.41, 5.74) is -1.66. The molecule has 0 bridgehead atoms. The van der Waals surface area contributed by atoms with E-state index in [1.54, 1.807) is 47.6 Å². The van der Waals surface area contributed by atoms with Gasteiger partial charge in [0.25, 0.3) is 0 Å². The monoisotopic (exact) mass is 463 g/mol. The Balaban J connectivity index is 1.85. The minimum Gasteiger partial charge on any atom is -0.444 e. The van der Waals surface area contributed by atoms with E-state index in [9.17, 15) is 19.7 Å². The lowest BCUT2D eigenvalue weighted by molar-refractivity contribution is -0.383. The quantitative estimate of drug-likeness (QED) is 0.514. The molecule has 0 aromatic carbocycles. The van der Waals surface area contributed by atoms with E-state index in [1.807, 2.05) is 4.90 Å². The first-order valence-corrected chi connectivity index (χ1v) is 10.5. The molecule has 0 unspecified atom stereocenters. The van der Waals surface area contributed by atoms with Gasteiger partial charge in [-0.3, -0.25) is 15.4 Å². The predicted octanol–water partition coefficient (Wildman–Crippen LogP) is 3.09. The highest BCUT2D eigenvalue weighted by molar-refractivity contribution is 5.85. The molecule has 13 heteroatoms. The normalized spacial score (nSPS) is 16.5. The Morgan fingerprint density at radius 2 is 1.79 bits per heavy atom. The number of nitrogens with one attached hydrogen (secondary N) is 2. The first-order chi connectivity index (χ1) is 15.2. The fraction of sp³-hybridized carbons (Fsp3) is 0.600. The second-order valence-corrected chi connectivity index (χ2v) is 9.73. The van der Waals surface area contributed by atoms with Gasteiger partial charge in [-0.15, -0.1) is 0 Å². The molecule has 2 aromatic rings. The fourth-order valence-corrected chi connectivity index (χ4v) is 3.29. The fourth-order valence-electron chi connectivity index (χ4n) is 3.29. The largest absolute Gasteiger partial charge is 0.444 e. The third-order valence-electron chi connectivity index (χ3n) is 4.50. The third-order valence-corrected chi connectivity index (χ3v) is 4.50. The second-order valence-electron chi connectivity index (χ2n) is 9.73. The lowest BCUT2D eigenvalue weighted by Crippen LogP contribution is -2.40. The van der Waals surface area contributed by atoms with Crippen LogP contribution in [-0.4, -0.2) is 62.0 Å². The Morgan fingerprint density at radius 3 is 2.39 bits per heavy atom. The SMILES string of the molecule is CC(C)(C)OC(=O)Nc1cc(N2CC[C@H](NC(=O)OC(C)(C)C)C2)nc2c([N+](=O)[O-])cnn12. The van der Waals surface area contributed by atoms with E-state index in [2.05, 4.69) is 20.7 Å². The van der Waals surface area contributed by atoms with Crippen molar-refractivity contribution < 1.29 is 24.0 Å². The summed E-state index contributed by atoms with van der Waals surface area (Å²) in [5.74, 6) is 0.562. The zero-order chi connectivity index (χ0) is 24.6. The van der Waals surface area contributed by atoms with E-state index in [0.717, 1.165) is 6.20 Å². The molecule has 3 rings (SSSR count). The molecule has 1 aliphatic rings. The van der Waals surface area contributed by atoms with Crippen LogP contribution in [-0.2, 0) is 9.47 Å². The van der Waals surface area contributed by atoms with Crippen LogP contribution in [0, 0.1) is 10.1 Å². The van der Waals surface area contributed by atoms with Crippen molar-refractivity contribution in [2.24, 2.45) is 0 Å². The second kappa shape index (κ2) is 8.71. The topological polar surface area (TPSA) is 153 Å². The summed E-state index contributed by atoms with van der Waals surface area (Å²) in [4.78, 5) is 41.5. The summed E-state index contributed by atoms with van der Waals surface area (Å²) in [5, 5.41) is 20.8. The maximum absolute atomic E-state index is 12.3. The molecular weight excluding hydrogens is 434 g/mol. The van der Waals surface area contributed by atoms with Crippen molar-refractivity contribution in [1.82, 2.24) is 19.9 Å². The summed E-state index contributed by atoms with van der Waals surface area (Å²) in [6.45, 7) is 11.5. The van der Waals surface area contributed by atoms with Gasteiger partial charge in [-0.25, -0.2) is 14.6 Å². The maximum atomic E-state index is 12.3. The van der Waals surface area contributed by atoms with Gasteiger partial charge in [-0.1, -0.05) is 0 Å². The molecule has 1 saturated heterocycles. The van der Waals surface area contributed by atoms with Crippen LogP contribution in [0.3, 0.4) is 0 Å². The van der Waals surface area contributed by atoms with E-state index in [0.29, 0.717) is 25.3 Å². The minimum absolute atomic E-state index is 0.0212. The van der Waals surface area contributed by atoms with Gasteiger partial charge >= 0.3 is 17.9 Å². The third kappa shape index (κ3) is 6.20. The van der Waals surface area contributed by atoms with E-state index in [-0.39, 0.29) is 23.2 Å². The van der Waals surface area contributed by atoms with Crippen molar-refractivity contribution in [3.63, 3.8) is 0 Å². The van der Waals surface area contributed by atoms with E-state index >= 15 is 0 Å². The summed E-state index contributed by atoms with van der Waals surface area (Å²) in [6, 6.07) is 1.36. The van der Waals surface area contributed by atoms with E-state index in [1.165, 1.54) is 4.52 Å². The van der Waals surface area contributed by atoms with Crippen molar-refractivity contribution in [1.29, 1.82) is 0 Å². The van der Waals surface area contributed by atoms with Gasteiger partial charge in [-0.2, -0.15) is 9.61 Å². The van der Waals surface area contributed by atoms with Gasteiger partial charge in [0.15, 0.2) is 0 Å². The van der Waals surface area contributed by atoms with Crippen LogP contribution in [0.5, 0.6) is 0 Å². The minimum atomic E-state index is -0.731. The average molecular weight is 463 g/mol. The number of hydrogen-bond acceptors (Lipinski definition) is 9. The standard InChI is InChI=1S/C20H29N7O6/c1-19(2,3)32-17(28)22-12-7-8-25(11-12)14-9-15(24-18(29)33-20(4,5)6)26-16(23-14)13(10-21-26)27(30)31/h9-10,12H,7-8,11H2,1-6H3,(H,22,28)(H,24,29)/t12-/m0/s1. The van der Waals surface area contributed by atoms with Crippen molar-refractivity contribution in [2.75, 3.05) is 23.3 Å². The van der Waals surface area contributed by atoms with Gasteiger partial charge in [0, 0.05) is 19.2 Å². The molecule has 0 spiro atoms. The van der Waals surface area contributed by atoms with Crippen molar-refractivity contribution in [3.8, 4) is 0 Å². The number of rotatable bonds is 4. The number of hydrogen-bond donors (Lipinski definition) is 2. The smallest absolute Gasteiger partial charge is 0.413 e. The number of amides is 2. The Hall–Kier alpha value is -3.64. The van der Waals surface area contributed by atoms with Crippen molar-refractivity contribution in [3.05, 3.63) is 22.4 Å². The highest BCUT2D eigenvalue weighted by Gasteiger charge is 2.29. The van der Waals surface area contributed by atoms with Gasteiger partial charge in [0.05, 0.1) is 11.0 Å². The zero-order valence-electron chi connectivity index (χ0n) is 19.5. The molecule has 0 saturated carbocycles. The molecule has 1 fully saturated rings. The van der Waals surface area contributed by atoms with Crippen LogP contribution in [0.25, 0.3) is 5.65 Å². The number of aromatic nitrogens is 3. The Bertz CT molecular complexity index is 1070. The number of fused-ring (bicyclic) bond motifs is 1. The molecule has 13 nitrogen and oxygen atoms in total. The molecule has 0 radical (unpaired) electrons. The zero-order valence-corrected chi connectivity index (χ0v) is 19.5. The van der Waals surface area contributed by atoms with Gasteiger partial charge in [0.1, 0.15) is 29.0 Å². The van der Waals surface area contributed by atoms with Crippen molar-refractivity contribution >= 4 is 35.2 Å². The first-order valence-electron chi connectivity index (χ1n) is 10.5. The molecule has 0 aliphatic carbocycles. The van der Waals surface area contributed by atoms with Crippen LogP contribution >= 0.6 is 0 Å². The summed E-state index contributed by atoms with van der Waals surface area (Å²) in [7, 11) is 0. The molecule has 1 aliphatic heterocycles. The maximum Gasteiger partial charge on any atom is 0.413 e. The number of nitrogens with zero attached hydrogens (tertiary/aromatic N) is 5. The van der Waals surface area contributed by atoms with E-state index in [4.69, 9.17) is 9.47 Å². The first kappa shape index (κ1) is 24.0. The van der Waals surface area contributed by atoms with Gasteiger partial charge < -0.3 is 19.7 Å². The van der Waals surface area contributed by atoms with E-state index < -0.39 is 28.3 Å². The molecule has 2 N–H and O–H groups in total. The van der Waals surface area contributed by atoms with Gasteiger partial charge in [-0.05, 0) is 48.0 Å². The number of alkyl carbamates (subject to hydrolysis) is 1. The highest BCUT2D eigenvalue weighted by atomic mass is 16.6. The number of carbonyl (C=O) groups is 2. The van der Waals surface area contributed by atoms with Crippen molar-refractivity contribution in [2.45, 2.75) is 65.2 Å². The Kier molecular flexibility index (Phi) is 6.34. The molecule has 180 valence electrons. The number of carbonyl (C=O) groups excluding carboxylic acids is 2. The van der Waals surface area contributed by atoms with Gasteiger partial charge in [0.2, 0.25) is 5.65 Å². The molecular formula is C20H29N7O6. The van der Waals surface area contributed by atoms with Crippen LogP contribution in [0.2, 0.25) is 0 Å². The molecule has 1 atom stereocenters. The summed E-state index contributed by atoms with van der Waals surface area (Å²) >= 11 is 0.